The molecule has 1 N–H and O–H groups in total. The number of carbonyl (C=O) groups excluding carboxylic acids is 4. The Hall–Kier alpha value is -5.05. The highest BCUT2D eigenvalue weighted by molar-refractivity contribution is 6.11. The Morgan fingerprint density at radius 1 is 0.849 bits per heavy atom. The highest BCUT2D eigenvalue weighted by Gasteiger charge is 2.42. The zero-order valence-electron chi connectivity index (χ0n) is 31.1. The number of hydrogen-bond acceptors (Lipinski definition) is 11. The van der Waals surface area contributed by atoms with Gasteiger partial charge in [0.2, 0.25) is 0 Å². The number of amides is 2. The largest absolute Gasteiger partial charge is 0.497 e. The summed E-state index contributed by atoms with van der Waals surface area (Å²) in [5.74, 6) is -2.29. The first-order valence-corrected chi connectivity index (χ1v) is 17.3. The third-order valence-electron chi connectivity index (χ3n) is 8.94. The van der Waals surface area contributed by atoms with Crippen LogP contribution in [0.1, 0.15) is 107 Å². The maximum atomic E-state index is 15.0. The number of rotatable bonds is 14. The van der Waals surface area contributed by atoms with Crippen molar-refractivity contribution in [1.29, 1.82) is 0 Å². The molecule has 286 valence electrons. The number of ether oxygens (including phenoxy) is 5. The number of hydroxylamine groups is 3. The molecular formula is C39H47FN2O11. The van der Waals surface area contributed by atoms with Gasteiger partial charge in [-0.05, 0) is 60.1 Å². The van der Waals surface area contributed by atoms with E-state index in [1.165, 1.54) is 51.7 Å². The molecule has 2 amide bonds. The summed E-state index contributed by atoms with van der Waals surface area (Å²) in [7, 11) is 4.24. The minimum atomic E-state index is -1.64. The molecule has 3 aromatic rings. The van der Waals surface area contributed by atoms with Crippen molar-refractivity contribution in [2.75, 3.05) is 48.0 Å². The summed E-state index contributed by atoms with van der Waals surface area (Å²) in [6, 6.07) is 10.4. The summed E-state index contributed by atoms with van der Waals surface area (Å²) in [6.07, 6.45) is -0.270. The number of quaternary nitrogens is 1. The highest BCUT2D eigenvalue weighted by atomic mass is 19.1. The molecule has 1 fully saturated rings. The van der Waals surface area contributed by atoms with Crippen LogP contribution in [0.25, 0.3) is 0 Å². The SMILES string of the molecule is COCOc1cc(OC)cc(F)c1C(=O)c1ccc(C(=O)O[N+]2(C(=O)[O-])CCCCC(NC(=O)c3cc(C(C)C)c(OCOC)c(C(C)C)c3)C2)cc1. The molecule has 1 aliphatic rings. The van der Waals surface area contributed by atoms with E-state index in [4.69, 9.17) is 28.5 Å². The molecule has 0 aliphatic carbocycles. The molecule has 14 heteroatoms. The van der Waals surface area contributed by atoms with E-state index in [1.807, 2.05) is 27.7 Å². The fraction of sp³-hybridized carbons (Fsp3) is 0.436. The normalized spacial score (nSPS) is 17.2. The topological polar surface area (TPSA) is 159 Å². The van der Waals surface area contributed by atoms with Gasteiger partial charge in [0, 0.05) is 43.9 Å². The van der Waals surface area contributed by atoms with Gasteiger partial charge in [-0.2, -0.15) is 0 Å². The molecule has 0 aromatic heterocycles. The van der Waals surface area contributed by atoms with Crippen LogP contribution < -0.4 is 24.6 Å². The fourth-order valence-corrected chi connectivity index (χ4v) is 6.16. The van der Waals surface area contributed by atoms with Crippen LogP contribution in [0.15, 0.2) is 48.5 Å². The third-order valence-corrected chi connectivity index (χ3v) is 8.94. The Bertz CT molecular complexity index is 1770. The molecule has 0 saturated carbocycles. The van der Waals surface area contributed by atoms with Gasteiger partial charge in [0.15, 0.2) is 19.4 Å². The van der Waals surface area contributed by atoms with Crippen molar-refractivity contribution >= 4 is 23.8 Å². The second-order valence-corrected chi connectivity index (χ2v) is 13.4. The summed E-state index contributed by atoms with van der Waals surface area (Å²) in [5.41, 5.74) is 1.64. The van der Waals surface area contributed by atoms with E-state index >= 15 is 4.39 Å². The van der Waals surface area contributed by atoms with E-state index < -0.39 is 40.3 Å². The first-order chi connectivity index (χ1) is 25.2. The van der Waals surface area contributed by atoms with E-state index in [0.29, 0.717) is 30.6 Å². The lowest BCUT2D eigenvalue weighted by atomic mass is 9.91. The van der Waals surface area contributed by atoms with Crippen molar-refractivity contribution in [2.24, 2.45) is 0 Å². The Labute approximate surface area is 308 Å². The zero-order valence-corrected chi connectivity index (χ0v) is 31.1. The number of halogens is 1. The predicted octanol–water partition coefficient (Wildman–Crippen LogP) is 5.49. The van der Waals surface area contributed by atoms with Gasteiger partial charge in [0.1, 0.15) is 41.7 Å². The van der Waals surface area contributed by atoms with Crippen LogP contribution >= 0.6 is 0 Å². The molecule has 1 saturated heterocycles. The van der Waals surface area contributed by atoms with E-state index in [1.54, 1.807) is 12.1 Å². The first-order valence-electron chi connectivity index (χ1n) is 17.3. The molecule has 1 aliphatic heterocycles. The van der Waals surface area contributed by atoms with E-state index in [0.717, 1.165) is 17.2 Å². The monoisotopic (exact) mass is 738 g/mol. The van der Waals surface area contributed by atoms with Crippen molar-refractivity contribution in [2.45, 2.75) is 64.8 Å². The molecule has 0 spiro atoms. The van der Waals surface area contributed by atoms with Crippen molar-refractivity contribution < 1.29 is 61.8 Å². The van der Waals surface area contributed by atoms with Gasteiger partial charge in [0.05, 0.1) is 18.7 Å². The van der Waals surface area contributed by atoms with E-state index in [2.05, 4.69) is 5.32 Å². The van der Waals surface area contributed by atoms with E-state index in [-0.39, 0.29) is 66.7 Å². The van der Waals surface area contributed by atoms with Crippen LogP contribution in [0.4, 0.5) is 9.18 Å². The lowest BCUT2D eigenvalue weighted by Crippen LogP contribution is -2.63. The van der Waals surface area contributed by atoms with Gasteiger partial charge in [-0.15, -0.1) is 0 Å². The highest BCUT2D eigenvalue weighted by Crippen LogP contribution is 2.36. The molecule has 13 nitrogen and oxygen atoms in total. The standard InChI is InChI=1S/C39H47FN2O11/c1-23(2)30-16-27(17-31(24(3)4)36(30)52-22-49-6)37(44)41-28-10-8-9-15-42(20-28,39(46)47)53-38(45)26-13-11-25(12-14-26)35(43)34-32(40)18-29(50-7)19-33(34)51-21-48-5/h11-14,16-19,23-24,28H,8-10,15,20-22H2,1-7H3,(H-,41,44,46,47). The molecule has 0 radical (unpaired) electrons. The van der Waals surface area contributed by atoms with Crippen molar-refractivity contribution in [3.05, 3.63) is 87.7 Å². The molecule has 53 heavy (non-hydrogen) atoms. The number of ketones is 1. The number of methoxy groups -OCH3 is 3. The summed E-state index contributed by atoms with van der Waals surface area (Å²) in [6.45, 7) is 7.41. The number of carboxylic acid groups (broad SMARTS) is 1. The zero-order chi connectivity index (χ0) is 38.9. The average Bonchev–Trinajstić information content (AvgIpc) is 3.34. The average molecular weight is 739 g/mol. The Kier molecular flexibility index (Phi) is 13.9. The molecular weight excluding hydrogens is 691 g/mol. The smallest absolute Gasteiger partial charge is 0.398 e. The second kappa shape index (κ2) is 18.1. The maximum absolute atomic E-state index is 15.0. The summed E-state index contributed by atoms with van der Waals surface area (Å²) < 4.78 is 40.3. The molecule has 1 heterocycles. The summed E-state index contributed by atoms with van der Waals surface area (Å²) in [4.78, 5) is 58.8. The molecule has 4 rings (SSSR count). The van der Waals surface area contributed by atoms with Crippen molar-refractivity contribution in [3.63, 3.8) is 0 Å². The van der Waals surface area contributed by atoms with Crippen LogP contribution in [0, 0.1) is 5.82 Å². The minimum Gasteiger partial charge on any atom is -0.497 e. The van der Waals surface area contributed by atoms with Crippen LogP contribution in [-0.2, 0) is 14.3 Å². The minimum absolute atomic E-state index is 0.0220. The predicted molar refractivity (Wildman–Crippen MR) is 188 cm³/mol. The third kappa shape index (κ3) is 9.69. The Morgan fingerprint density at radius 3 is 2.02 bits per heavy atom. The lowest BCUT2D eigenvalue weighted by molar-refractivity contribution is -1.04. The molecule has 2 atom stereocenters. The summed E-state index contributed by atoms with van der Waals surface area (Å²) in [5, 5.41) is 15.6. The Morgan fingerprint density at radius 2 is 1.45 bits per heavy atom. The van der Waals surface area contributed by atoms with Gasteiger partial charge in [-0.25, -0.2) is 9.18 Å². The van der Waals surface area contributed by atoms with Crippen LogP contribution in [-0.4, -0.2) is 82.4 Å². The van der Waals surface area contributed by atoms with Crippen LogP contribution in [0.3, 0.4) is 0 Å². The quantitative estimate of drug-likeness (QED) is 0.127. The molecule has 0 bridgehead atoms. The number of benzene rings is 3. The van der Waals surface area contributed by atoms with Gasteiger partial charge in [0.25, 0.3) is 5.91 Å². The van der Waals surface area contributed by atoms with Crippen LogP contribution in [0.5, 0.6) is 17.2 Å². The van der Waals surface area contributed by atoms with Gasteiger partial charge in [-0.3, -0.25) is 14.4 Å². The van der Waals surface area contributed by atoms with Gasteiger partial charge in [-0.1, -0.05) is 44.5 Å². The van der Waals surface area contributed by atoms with Crippen LogP contribution in [0.2, 0.25) is 0 Å². The van der Waals surface area contributed by atoms with Gasteiger partial charge >= 0.3 is 12.1 Å². The van der Waals surface area contributed by atoms with Gasteiger partial charge < -0.3 is 38.9 Å². The fourth-order valence-electron chi connectivity index (χ4n) is 6.16. The maximum Gasteiger partial charge on any atom is 0.398 e. The van der Waals surface area contributed by atoms with Crippen molar-refractivity contribution in [3.8, 4) is 17.2 Å². The number of carbonyl (C=O) groups is 4. The van der Waals surface area contributed by atoms with E-state index in [9.17, 15) is 24.3 Å². The number of hydrogen-bond donors (Lipinski definition) is 1. The molecule has 3 aromatic carbocycles. The first kappa shape index (κ1) is 40.7. The number of nitrogens with zero attached hydrogens (tertiary/aromatic N) is 1. The number of nitrogens with one attached hydrogen (secondary N) is 1. The second-order valence-electron chi connectivity index (χ2n) is 13.4. The number of likely N-dealkylation sites (tertiary alicyclic amines) is 1. The lowest BCUT2D eigenvalue weighted by Gasteiger charge is -2.34. The van der Waals surface area contributed by atoms with Crippen molar-refractivity contribution in [1.82, 2.24) is 5.32 Å². The summed E-state index contributed by atoms with van der Waals surface area (Å²) >= 11 is 0. The molecule has 2 unspecified atom stereocenters. The Balaban J connectivity index is 1.55.